The van der Waals surface area contributed by atoms with Crippen LogP contribution in [0.4, 0.5) is 0 Å². The number of allylic oxidation sites excluding steroid dienone is 1. The summed E-state index contributed by atoms with van der Waals surface area (Å²) in [4.78, 5) is 13.4. The molecule has 0 bridgehead atoms. The Hall–Kier alpha value is -1.04. The highest BCUT2D eigenvalue weighted by atomic mass is 32.2. The average Bonchev–Trinajstić information content (AvgIpc) is 2.86. The summed E-state index contributed by atoms with van der Waals surface area (Å²) in [6.07, 6.45) is 0.587. The largest absolute Gasteiger partial charge is 0.295 e. The monoisotopic (exact) mass is 347 g/mol. The molecule has 1 saturated heterocycles. The predicted octanol–water partition coefficient (Wildman–Crippen LogP) is 3.49. The van der Waals surface area contributed by atoms with Gasteiger partial charge in [-0.2, -0.15) is 0 Å². The van der Waals surface area contributed by atoms with Crippen LogP contribution in [-0.2, 0) is 15.8 Å². The van der Waals surface area contributed by atoms with E-state index in [0.717, 1.165) is 10.1 Å². The molecule has 1 heterocycles. The Bertz CT molecular complexity index is 718. The highest BCUT2D eigenvalue weighted by Gasteiger charge is 2.51. The van der Waals surface area contributed by atoms with Crippen molar-refractivity contribution in [2.24, 2.45) is 5.41 Å². The van der Waals surface area contributed by atoms with Crippen molar-refractivity contribution in [2.75, 3.05) is 13.1 Å². The smallest absolute Gasteiger partial charge is 0.155 e. The number of hydrogen-bond donors (Lipinski definition) is 0. The zero-order chi connectivity index (χ0) is 17.0. The van der Waals surface area contributed by atoms with E-state index < -0.39 is 19.1 Å². The van der Waals surface area contributed by atoms with Crippen molar-refractivity contribution >= 4 is 24.8 Å². The lowest BCUT2D eigenvalue weighted by Gasteiger charge is -2.20. The van der Waals surface area contributed by atoms with Crippen LogP contribution in [0.1, 0.15) is 18.9 Å². The lowest BCUT2D eigenvalue weighted by Crippen LogP contribution is -2.31. The summed E-state index contributed by atoms with van der Waals surface area (Å²) in [5, 5.41) is 1.10. The fourth-order valence-corrected chi connectivity index (χ4v) is 7.38. The summed E-state index contributed by atoms with van der Waals surface area (Å²) in [5.41, 5.74) is 2.32. The van der Waals surface area contributed by atoms with Crippen molar-refractivity contribution in [2.45, 2.75) is 44.8 Å². The number of ketones is 1. The molecule has 0 N–H and O–H groups in total. The molecule has 1 fully saturated rings. The number of hydrogen-bond acceptors (Lipinski definition) is 2. The molecule has 1 aromatic carbocycles. The molecule has 0 aromatic heterocycles. The first-order chi connectivity index (χ1) is 10.6. The Morgan fingerprint density at radius 2 is 1.78 bits per heavy atom. The molecule has 0 spiro atoms. The van der Waals surface area contributed by atoms with Gasteiger partial charge >= 0.3 is 0 Å². The van der Waals surface area contributed by atoms with Crippen molar-refractivity contribution in [1.29, 1.82) is 0 Å². The number of carbonyl (C=O) groups excluding carboxylic acids is 1. The Kier molecular flexibility index (Phi) is 4.02. The number of nitrogens with zero attached hydrogens (tertiary/aromatic N) is 1. The molecular formula is C18H25NO2SSi. The van der Waals surface area contributed by atoms with Gasteiger partial charge in [-0.3, -0.25) is 4.79 Å². The Labute approximate surface area is 142 Å². The third-order valence-electron chi connectivity index (χ3n) is 4.93. The van der Waals surface area contributed by atoms with Gasteiger partial charge in [0.05, 0.1) is 13.0 Å². The Morgan fingerprint density at radius 3 is 2.35 bits per heavy atom. The van der Waals surface area contributed by atoms with Gasteiger partial charge in [-0.25, -0.2) is 8.51 Å². The molecule has 5 heteroatoms. The number of rotatable bonds is 3. The molecule has 1 aromatic rings. The molecule has 0 radical (unpaired) electrons. The number of carbonyl (C=O) groups is 1. The first-order valence-electron chi connectivity index (χ1n) is 8.13. The fourth-order valence-electron chi connectivity index (χ4n) is 3.85. The van der Waals surface area contributed by atoms with Gasteiger partial charge < -0.3 is 0 Å². The summed E-state index contributed by atoms with van der Waals surface area (Å²) in [7, 11) is -2.82. The van der Waals surface area contributed by atoms with E-state index in [4.69, 9.17) is 0 Å². The van der Waals surface area contributed by atoms with Crippen LogP contribution in [0.3, 0.4) is 0 Å². The van der Waals surface area contributed by atoms with E-state index in [1.807, 2.05) is 35.5 Å². The summed E-state index contributed by atoms with van der Waals surface area (Å²) in [6.45, 7) is 12.3. The summed E-state index contributed by atoms with van der Waals surface area (Å²) in [5.74, 6) is 0.336. The highest BCUT2D eigenvalue weighted by Crippen LogP contribution is 2.49. The predicted molar refractivity (Wildman–Crippen MR) is 97.3 cm³/mol. The molecule has 2 aliphatic rings. The second kappa shape index (κ2) is 5.50. The third-order valence-corrected chi connectivity index (χ3v) is 8.41. The van der Waals surface area contributed by atoms with E-state index in [1.54, 1.807) is 0 Å². The summed E-state index contributed by atoms with van der Waals surface area (Å²) < 4.78 is 14.9. The minimum Gasteiger partial charge on any atom is -0.295 e. The van der Waals surface area contributed by atoms with Gasteiger partial charge in [-0.05, 0) is 29.8 Å². The zero-order valence-corrected chi connectivity index (χ0v) is 16.4. The van der Waals surface area contributed by atoms with Crippen molar-refractivity contribution in [3.8, 4) is 0 Å². The van der Waals surface area contributed by atoms with E-state index >= 15 is 0 Å². The van der Waals surface area contributed by atoms with E-state index in [2.05, 4.69) is 26.6 Å². The molecule has 0 amide bonds. The molecule has 3 nitrogen and oxygen atoms in total. The van der Waals surface area contributed by atoms with Crippen LogP contribution in [-0.4, -0.2) is 35.5 Å². The molecule has 23 heavy (non-hydrogen) atoms. The van der Waals surface area contributed by atoms with Crippen LogP contribution >= 0.6 is 0 Å². The van der Waals surface area contributed by atoms with Crippen LogP contribution < -0.4 is 0 Å². The number of benzene rings is 1. The van der Waals surface area contributed by atoms with Crippen LogP contribution in [0.25, 0.3) is 0 Å². The molecule has 3 rings (SSSR count). The normalized spacial score (nSPS) is 26.7. The maximum Gasteiger partial charge on any atom is 0.155 e. The van der Waals surface area contributed by atoms with Crippen LogP contribution in [0.15, 0.2) is 39.9 Å². The van der Waals surface area contributed by atoms with Crippen LogP contribution in [0.2, 0.25) is 19.6 Å². The number of aryl methyl sites for hydroxylation is 1. The van der Waals surface area contributed by atoms with E-state index in [0.29, 0.717) is 25.3 Å². The van der Waals surface area contributed by atoms with Crippen molar-refractivity contribution < 1.29 is 9.00 Å². The first kappa shape index (κ1) is 16.8. The third kappa shape index (κ3) is 2.90. The van der Waals surface area contributed by atoms with E-state index in [1.165, 1.54) is 11.1 Å². The molecule has 1 unspecified atom stereocenters. The zero-order valence-electron chi connectivity index (χ0n) is 14.6. The van der Waals surface area contributed by atoms with Gasteiger partial charge in [0.25, 0.3) is 0 Å². The maximum atomic E-state index is 12.9. The van der Waals surface area contributed by atoms with Crippen molar-refractivity contribution in [3.05, 3.63) is 40.6 Å². The van der Waals surface area contributed by atoms with Gasteiger partial charge in [-0.15, -0.1) is 0 Å². The van der Waals surface area contributed by atoms with Gasteiger partial charge in [-0.1, -0.05) is 44.3 Å². The number of fused-ring (bicyclic) bond motifs is 1. The molecule has 1 aliphatic heterocycles. The lowest BCUT2D eigenvalue weighted by molar-refractivity contribution is -0.115. The van der Waals surface area contributed by atoms with E-state index in [-0.39, 0.29) is 5.41 Å². The van der Waals surface area contributed by atoms with Gasteiger partial charge in [0.2, 0.25) is 0 Å². The topological polar surface area (TPSA) is 37.4 Å². The van der Waals surface area contributed by atoms with Gasteiger partial charge in [0, 0.05) is 24.9 Å². The molecular weight excluding hydrogens is 322 g/mol. The Morgan fingerprint density at radius 1 is 1.17 bits per heavy atom. The molecule has 1 aliphatic carbocycles. The van der Waals surface area contributed by atoms with Crippen LogP contribution in [0.5, 0.6) is 0 Å². The van der Waals surface area contributed by atoms with Crippen molar-refractivity contribution in [3.63, 3.8) is 0 Å². The molecule has 124 valence electrons. The Balaban J connectivity index is 1.93. The summed E-state index contributed by atoms with van der Waals surface area (Å²) >= 11 is 0. The minimum absolute atomic E-state index is 0.118. The van der Waals surface area contributed by atoms with Gasteiger partial charge in [0.15, 0.2) is 5.78 Å². The summed E-state index contributed by atoms with van der Waals surface area (Å²) in [6, 6.07) is 7.89. The minimum atomic E-state index is -1.67. The second-order valence-corrected chi connectivity index (χ2v) is 14.6. The second-order valence-electron chi connectivity index (χ2n) is 8.12. The van der Waals surface area contributed by atoms with Crippen molar-refractivity contribution in [1.82, 2.24) is 4.31 Å². The van der Waals surface area contributed by atoms with Gasteiger partial charge in [0.1, 0.15) is 11.0 Å². The van der Waals surface area contributed by atoms with E-state index in [9.17, 15) is 9.00 Å². The molecule has 0 saturated carbocycles. The fraction of sp³-hybridized carbons (Fsp3) is 0.500. The first-order valence-corrected chi connectivity index (χ1v) is 12.7. The maximum absolute atomic E-state index is 12.9. The molecule has 2 atom stereocenters. The average molecular weight is 348 g/mol. The SMILES string of the molecule is Cc1ccc(S(=O)N2CC3=C([Si](C)(C)C)C(=O)C[C@]3(C)C2)cc1. The highest BCUT2D eigenvalue weighted by molar-refractivity contribution is 7.82. The standard InChI is InChI=1S/C18H25NO2SSi/c1-13-6-8-14(9-7-13)22(21)19-11-15-17(23(3,4)5)16(20)10-18(15,2)12-19/h6-9H,10-12H2,1-5H3/t18-,22?/m1/s1. The lowest BCUT2D eigenvalue weighted by atomic mass is 9.86. The quantitative estimate of drug-likeness (QED) is 0.785. The number of Topliss-reactive ketones (excluding diaryl/α,β-unsaturated/α-hetero) is 1. The van der Waals surface area contributed by atoms with Crippen LogP contribution in [0, 0.1) is 12.3 Å².